The minimum atomic E-state index is -2.24. The lowest BCUT2D eigenvalue weighted by Crippen LogP contribution is -2.08. The summed E-state index contributed by atoms with van der Waals surface area (Å²) in [4.78, 5) is 4.31. The average Bonchev–Trinajstić information content (AvgIpc) is 2.37. The van der Waals surface area contributed by atoms with Crippen LogP contribution in [0.15, 0.2) is 5.16 Å². The predicted octanol–water partition coefficient (Wildman–Crippen LogP) is 2.80. The van der Waals surface area contributed by atoms with E-state index in [0.717, 1.165) is 0 Å². The highest BCUT2D eigenvalue weighted by Crippen LogP contribution is 2.23. The van der Waals surface area contributed by atoms with Crippen LogP contribution >= 0.6 is 0 Å². The highest BCUT2D eigenvalue weighted by molar-refractivity contribution is 5.95. The van der Waals surface area contributed by atoms with E-state index in [0.29, 0.717) is 0 Å². The normalized spacial score (nSPS) is 11.3. The molecule has 0 saturated carbocycles. The number of hydrogen-bond acceptors (Lipinski definition) is 3. The number of nitriles is 1. The first-order valence-electron chi connectivity index (χ1n) is 4.47. The van der Waals surface area contributed by atoms with Crippen molar-refractivity contribution >= 4 is 5.71 Å². The molecule has 0 unspecified atom stereocenters. The van der Waals surface area contributed by atoms with Gasteiger partial charge in [-0.2, -0.15) is 5.26 Å². The molecular weight excluding hydrogens is 259 g/mol. The maximum Gasteiger partial charge on any atom is 0.200 e. The molecule has 1 aromatic carbocycles. The molecule has 0 aliphatic rings. The molecule has 0 heterocycles. The fraction of sp³-hybridized carbons (Fsp3) is 0.200. The van der Waals surface area contributed by atoms with Crippen LogP contribution in [0.1, 0.15) is 12.5 Å². The van der Waals surface area contributed by atoms with Crippen molar-refractivity contribution in [1.82, 2.24) is 0 Å². The second kappa shape index (κ2) is 5.44. The van der Waals surface area contributed by atoms with Gasteiger partial charge in [0.2, 0.25) is 5.82 Å². The lowest BCUT2D eigenvalue weighted by atomic mass is 10.2. The summed E-state index contributed by atoms with van der Waals surface area (Å²) in [6, 6.07) is 1.54. The van der Waals surface area contributed by atoms with Gasteiger partial charge in [0, 0.05) is 0 Å². The first kappa shape index (κ1) is 13.9. The van der Waals surface area contributed by atoms with Crippen LogP contribution in [0.25, 0.3) is 0 Å². The molecule has 1 aromatic rings. The van der Waals surface area contributed by atoms with Crippen molar-refractivity contribution in [2.24, 2.45) is 5.16 Å². The zero-order valence-corrected chi connectivity index (χ0v) is 8.90. The van der Waals surface area contributed by atoms with Gasteiger partial charge in [-0.25, -0.2) is 22.0 Å². The summed E-state index contributed by atoms with van der Waals surface area (Å²) in [5, 5.41) is 11.4. The van der Waals surface area contributed by atoms with Crippen molar-refractivity contribution in [3.63, 3.8) is 0 Å². The van der Waals surface area contributed by atoms with E-state index < -0.39 is 41.3 Å². The number of oxime groups is 1. The van der Waals surface area contributed by atoms with Crippen LogP contribution in [0.4, 0.5) is 22.0 Å². The number of halogens is 5. The Morgan fingerprint density at radius 3 is 1.94 bits per heavy atom. The molecule has 96 valence electrons. The SMILES string of the molecule is C/C(C#N)=N/OCc1c(F)c(F)c(F)c(F)c1F. The summed E-state index contributed by atoms with van der Waals surface area (Å²) in [7, 11) is 0. The van der Waals surface area contributed by atoms with Gasteiger partial charge >= 0.3 is 0 Å². The Morgan fingerprint density at radius 2 is 1.50 bits per heavy atom. The lowest BCUT2D eigenvalue weighted by molar-refractivity contribution is 0.123. The summed E-state index contributed by atoms with van der Waals surface area (Å²) in [6.07, 6.45) is 0. The Balaban J connectivity index is 3.08. The third-order valence-corrected chi connectivity index (χ3v) is 1.87. The standard InChI is InChI=1S/C10H5F5N2O/c1-4(2-16)17-18-3-5-6(11)8(13)10(15)9(14)7(5)12/h3H2,1H3/b17-4-. The van der Waals surface area contributed by atoms with Crippen molar-refractivity contribution in [1.29, 1.82) is 5.26 Å². The second-order valence-corrected chi connectivity index (χ2v) is 3.11. The van der Waals surface area contributed by atoms with Crippen LogP contribution in [-0.2, 0) is 11.4 Å². The van der Waals surface area contributed by atoms with Crippen LogP contribution in [0.2, 0.25) is 0 Å². The van der Waals surface area contributed by atoms with Gasteiger partial charge in [-0.3, -0.25) is 0 Å². The van der Waals surface area contributed by atoms with Gasteiger partial charge in [0.05, 0.1) is 5.56 Å². The summed E-state index contributed by atoms with van der Waals surface area (Å²) in [5.41, 5.74) is -1.32. The van der Waals surface area contributed by atoms with Gasteiger partial charge in [-0.05, 0) is 6.92 Å². The molecular formula is C10H5F5N2O. The van der Waals surface area contributed by atoms with Gasteiger partial charge in [0.1, 0.15) is 12.7 Å². The maximum absolute atomic E-state index is 13.1. The molecule has 0 N–H and O–H groups in total. The molecule has 0 fully saturated rings. The highest BCUT2D eigenvalue weighted by Gasteiger charge is 2.25. The van der Waals surface area contributed by atoms with Crippen LogP contribution < -0.4 is 0 Å². The smallest absolute Gasteiger partial charge is 0.200 e. The number of benzene rings is 1. The van der Waals surface area contributed by atoms with E-state index in [9.17, 15) is 22.0 Å². The van der Waals surface area contributed by atoms with E-state index in [1.165, 1.54) is 6.92 Å². The molecule has 0 saturated heterocycles. The molecule has 3 nitrogen and oxygen atoms in total. The van der Waals surface area contributed by atoms with E-state index in [1.54, 1.807) is 6.07 Å². The molecule has 0 spiro atoms. The van der Waals surface area contributed by atoms with Gasteiger partial charge in [-0.15, -0.1) is 0 Å². The van der Waals surface area contributed by atoms with Gasteiger partial charge < -0.3 is 4.84 Å². The Kier molecular flexibility index (Phi) is 4.20. The van der Waals surface area contributed by atoms with Crippen molar-refractivity contribution in [2.45, 2.75) is 13.5 Å². The number of hydrogen-bond donors (Lipinski definition) is 0. The predicted molar refractivity (Wildman–Crippen MR) is 49.7 cm³/mol. The van der Waals surface area contributed by atoms with Crippen LogP contribution in [0.5, 0.6) is 0 Å². The molecule has 0 amide bonds. The summed E-state index contributed by atoms with van der Waals surface area (Å²) < 4.78 is 64.4. The zero-order valence-electron chi connectivity index (χ0n) is 8.90. The van der Waals surface area contributed by atoms with Crippen molar-refractivity contribution in [3.8, 4) is 6.07 Å². The molecule has 1 rings (SSSR count). The van der Waals surface area contributed by atoms with Gasteiger partial charge in [-0.1, -0.05) is 5.16 Å². The van der Waals surface area contributed by atoms with E-state index in [1.807, 2.05) is 0 Å². The Bertz CT molecular complexity index is 521. The Morgan fingerprint density at radius 1 is 1.06 bits per heavy atom. The second-order valence-electron chi connectivity index (χ2n) is 3.11. The average molecular weight is 264 g/mol. The fourth-order valence-electron chi connectivity index (χ4n) is 0.991. The van der Waals surface area contributed by atoms with Gasteiger partial charge in [0.25, 0.3) is 0 Å². The van der Waals surface area contributed by atoms with Crippen molar-refractivity contribution < 1.29 is 26.8 Å². The topological polar surface area (TPSA) is 45.4 Å². The maximum atomic E-state index is 13.1. The third kappa shape index (κ3) is 2.56. The van der Waals surface area contributed by atoms with E-state index in [4.69, 9.17) is 5.26 Å². The minimum Gasteiger partial charge on any atom is -0.390 e. The summed E-state index contributed by atoms with van der Waals surface area (Å²) >= 11 is 0. The van der Waals surface area contributed by atoms with Crippen LogP contribution in [-0.4, -0.2) is 5.71 Å². The molecule has 0 aliphatic carbocycles. The quantitative estimate of drug-likeness (QED) is 0.277. The first-order chi connectivity index (χ1) is 8.40. The molecule has 0 aliphatic heterocycles. The number of rotatable bonds is 3. The Labute approximate surface area is 98.1 Å². The Hall–Kier alpha value is -2.17. The zero-order chi connectivity index (χ0) is 13.9. The van der Waals surface area contributed by atoms with Gasteiger partial charge in [0.15, 0.2) is 29.0 Å². The number of nitrogens with zero attached hydrogens (tertiary/aromatic N) is 2. The molecule has 0 aromatic heterocycles. The minimum absolute atomic E-state index is 0.168. The van der Waals surface area contributed by atoms with E-state index in [2.05, 4.69) is 9.99 Å². The fourth-order valence-corrected chi connectivity index (χ4v) is 0.991. The van der Waals surface area contributed by atoms with Crippen molar-refractivity contribution in [3.05, 3.63) is 34.6 Å². The summed E-state index contributed by atoms with van der Waals surface area (Å²) in [6.45, 7) is 0.253. The molecule has 8 heteroatoms. The molecule has 18 heavy (non-hydrogen) atoms. The van der Waals surface area contributed by atoms with Crippen LogP contribution in [0, 0.1) is 40.4 Å². The first-order valence-corrected chi connectivity index (χ1v) is 4.47. The highest BCUT2D eigenvalue weighted by atomic mass is 19.2. The monoisotopic (exact) mass is 264 g/mol. The van der Waals surface area contributed by atoms with E-state index in [-0.39, 0.29) is 5.71 Å². The third-order valence-electron chi connectivity index (χ3n) is 1.87. The lowest BCUT2D eigenvalue weighted by Gasteiger charge is -2.06. The van der Waals surface area contributed by atoms with E-state index >= 15 is 0 Å². The largest absolute Gasteiger partial charge is 0.390 e. The van der Waals surface area contributed by atoms with Crippen LogP contribution in [0.3, 0.4) is 0 Å². The molecule has 0 bridgehead atoms. The molecule has 0 radical (unpaired) electrons. The summed E-state index contributed by atoms with van der Waals surface area (Å²) in [5.74, 6) is -10.3. The molecule has 0 atom stereocenters. The van der Waals surface area contributed by atoms with Crippen molar-refractivity contribution in [2.75, 3.05) is 0 Å².